The number of nitrogen functional groups attached to an aromatic ring is 2. The van der Waals surface area contributed by atoms with E-state index in [1.165, 1.54) is 23.9 Å². The number of oxime groups is 1. The highest BCUT2D eigenvalue weighted by Crippen LogP contribution is 2.41. The van der Waals surface area contributed by atoms with Crippen molar-refractivity contribution in [3.8, 4) is 5.88 Å². The van der Waals surface area contributed by atoms with Crippen LogP contribution in [0, 0.1) is 0 Å². The van der Waals surface area contributed by atoms with Gasteiger partial charge in [-0.15, -0.1) is 11.8 Å². The summed E-state index contributed by atoms with van der Waals surface area (Å²) in [5.41, 5.74) is 10.6. The number of carboxylic acids is 1. The van der Waals surface area contributed by atoms with Gasteiger partial charge in [-0.2, -0.15) is 14.3 Å². The lowest BCUT2D eigenvalue weighted by molar-refractivity contribution is -0.150. The maximum Gasteiger partial charge on any atom is 0.352 e. The number of amides is 2. The fourth-order valence-electron chi connectivity index (χ4n) is 3.18. The SMILES string of the molecule is Nc1nc(O)cc(S/C=C/C2=C(C(=O)O)N3C(=O)[C@@H](NC(=O)C(=NO)c4nsc(N)n4)[C@H]3SC2)n1. The van der Waals surface area contributed by atoms with E-state index in [0.717, 1.165) is 28.2 Å². The highest BCUT2D eigenvalue weighted by molar-refractivity contribution is 8.02. The molecule has 1 saturated heterocycles. The number of thioether (sulfide) groups is 2. The molecule has 182 valence electrons. The lowest BCUT2D eigenvalue weighted by Crippen LogP contribution is -2.71. The van der Waals surface area contributed by atoms with E-state index in [1.54, 1.807) is 5.41 Å². The molecule has 2 atom stereocenters. The first-order valence-electron chi connectivity index (χ1n) is 9.40. The predicted molar refractivity (Wildman–Crippen MR) is 125 cm³/mol. The molecule has 4 heterocycles. The van der Waals surface area contributed by atoms with Crippen LogP contribution in [0.15, 0.2) is 39.0 Å². The summed E-state index contributed by atoms with van der Waals surface area (Å²) in [5.74, 6) is -3.30. The molecule has 4 rings (SSSR count). The van der Waals surface area contributed by atoms with Crippen molar-refractivity contribution < 1.29 is 29.8 Å². The van der Waals surface area contributed by atoms with Crippen molar-refractivity contribution >= 4 is 69.6 Å². The van der Waals surface area contributed by atoms with E-state index >= 15 is 0 Å². The number of carbonyl (C=O) groups is 3. The average molecular weight is 538 g/mol. The van der Waals surface area contributed by atoms with Gasteiger partial charge >= 0.3 is 5.97 Å². The Kier molecular flexibility index (Phi) is 6.76. The third kappa shape index (κ3) is 4.84. The minimum Gasteiger partial charge on any atom is -0.493 e. The number of carboxylic acid groups (broad SMARTS) is 1. The van der Waals surface area contributed by atoms with E-state index < -0.39 is 34.9 Å². The normalized spacial score (nSPS) is 20.1. The van der Waals surface area contributed by atoms with E-state index in [9.17, 15) is 29.8 Å². The number of aromatic nitrogens is 4. The van der Waals surface area contributed by atoms with Crippen LogP contribution in [0.3, 0.4) is 0 Å². The van der Waals surface area contributed by atoms with Crippen LogP contribution in [-0.2, 0) is 14.4 Å². The second-order valence-electron chi connectivity index (χ2n) is 6.79. The van der Waals surface area contributed by atoms with E-state index in [0.29, 0.717) is 10.6 Å². The van der Waals surface area contributed by atoms with Crippen LogP contribution >= 0.6 is 35.1 Å². The molecule has 1 fully saturated rings. The van der Waals surface area contributed by atoms with Gasteiger partial charge in [-0.25, -0.2) is 9.78 Å². The number of rotatable bonds is 7. The molecule has 2 aromatic heterocycles. The van der Waals surface area contributed by atoms with Crippen LogP contribution in [-0.4, -0.2) is 80.3 Å². The van der Waals surface area contributed by atoms with Gasteiger partial charge in [0.15, 0.2) is 5.13 Å². The van der Waals surface area contributed by atoms with Gasteiger partial charge in [0.2, 0.25) is 23.4 Å². The molecule has 18 heteroatoms. The molecule has 15 nitrogen and oxygen atoms in total. The van der Waals surface area contributed by atoms with Crippen LogP contribution in [0.5, 0.6) is 5.88 Å². The largest absolute Gasteiger partial charge is 0.493 e. The van der Waals surface area contributed by atoms with Crippen molar-refractivity contribution in [2.24, 2.45) is 5.16 Å². The Morgan fingerprint density at radius 1 is 1.31 bits per heavy atom. The third-order valence-corrected chi connectivity index (χ3v) is 7.19. The summed E-state index contributed by atoms with van der Waals surface area (Å²) < 4.78 is 3.79. The highest BCUT2D eigenvalue weighted by Gasteiger charge is 2.54. The molecule has 8 N–H and O–H groups in total. The molecule has 0 aromatic carbocycles. The fourth-order valence-corrected chi connectivity index (χ4v) is 5.62. The van der Waals surface area contributed by atoms with Crippen molar-refractivity contribution in [3.05, 3.63) is 34.6 Å². The lowest BCUT2D eigenvalue weighted by Gasteiger charge is -2.49. The van der Waals surface area contributed by atoms with Gasteiger partial charge in [0.25, 0.3) is 11.8 Å². The number of nitrogens with two attached hydrogens (primary N) is 2. The second kappa shape index (κ2) is 9.76. The molecule has 0 bridgehead atoms. The smallest absolute Gasteiger partial charge is 0.352 e. The van der Waals surface area contributed by atoms with Crippen molar-refractivity contribution in [3.63, 3.8) is 0 Å². The Labute approximate surface area is 208 Å². The lowest BCUT2D eigenvalue weighted by atomic mass is 10.0. The Bertz CT molecular complexity index is 1290. The highest BCUT2D eigenvalue weighted by atomic mass is 32.2. The van der Waals surface area contributed by atoms with Crippen LogP contribution in [0.25, 0.3) is 0 Å². The number of aliphatic carboxylic acids is 1. The summed E-state index contributed by atoms with van der Waals surface area (Å²) in [6, 6.07) is 0.233. The molecule has 0 radical (unpaired) electrons. The number of allylic oxidation sites excluding steroid dienone is 1. The molecule has 0 saturated carbocycles. The zero-order valence-corrected chi connectivity index (χ0v) is 19.7. The summed E-state index contributed by atoms with van der Waals surface area (Å²) in [5, 5.41) is 35.0. The van der Waals surface area contributed by atoms with E-state index in [1.807, 2.05) is 0 Å². The summed E-state index contributed by atoms with van der Waals surface area (Å²) >= 11 is 3.10. The standard InChI is InChI=1S/C17H15N9O6S3/c18-16-20-6(27)3-7(21-16)33-2-1-5-4-34-14-9(13(29)26(14)10(5)15(30)31)22-12(28)8(24-32)11-23-17(19)35-25-11/h1-3,9,14,32H,4H2,(H,22,28)(H,30,31)(H2,19,23,25)(H3,18,20,21,27)/b2-1+,24-8?/t9-,14-/m1/s1. The van der Waals surface area contributed by atoms with Crippen LogP contribution in [0.4, 0.5) is 11.1 Å². The van der Waals surface area contributed by atoms with Crippen molar-refractivity contribution in [2.45, 2.75) is 16.4 Å². The molecule has 2 aliphatic rings. The monoisotopic (exact) mass is 537 g/mol. The number of nitrogens with zero attached hydrogens (tertiary/aromatic N) is 6. The Morgan fingerprint density at radius 3 is 2.71 bits per heavy atom. The first-order valence-corrected chi connectivity index (χ1v) is 12.1. The van der Waals surface area contributed by atoms with Gasteiger partial charge in [0.1, 0.15) is 22.1 Å². The number of β-lactam (4-membered cyclic amide) rings is 1. The molecule has 2 amide bonds. The molecule has 0 spiro atoms. The number of anilines is 2. The fraction of sp³-hybridized carbons (Fsp3) is 0.176. The van der Waals surface area contributed by atoms with Crippen LogP contribution in [0.2, 0.25) is 0 Å². The van der Waals surface area contributed by atoms with Gasteiger partial charge < -0.3 is 32.2 Å². The van der Waals surface area contributed by atoms with E-state index in [2.05, 4.69) is 29.8 Å². The molecule has 0 aliphatic carbocycles. The van der Waals surface area contributed by atoms with Gasteiger partial charge in [0.05, 0.1) is 0 Å². The van der Waals surface area contributed by atoms with Crippen LogP contribution in [0.1, 0.15) is 5.82 Å². The number of carbonyl (C=O) groups excluding carboxylic acids is 2. The summed E-state index contributed by atoms with van der Waals surface area (Å²) in [6.07, 6.45) is 1.51. The molecule has 0 unspecified atom stereocenters. The van der Waals surface area contributed by atoms with E-state index in [4.69, 9.17) is 11.5 Å². The van der Waals surface area contributed by atoms with Gasteiger partial charge in [-0.1, -0.05) is 16.9 Å². The Hall–Kier alpha value is -3.90. The van der Waals surface area contributed by atoms with Crippen LogP contribution < -0.4 is 16.8 Å². The molecular formula is C17H15N9O6S3. The molecular weight excluding hydrogens is 522 g/mol. The molecule has 2 aromatic rings. The van der Waals surface area contributed by atoms with Crippen molar-refractivity contribution in [1.29, 1.82) is 0 Å². The van der Waals surface area contributed by atoms with Gasteiger partial charge in [-0.05, 0) is 17.1 Å². The quantitative estimate of drug-likeness (QED) is 0.0646. The topological polar surface area (TPSA) is 243 Å². The zero-order valence-electron chi connectivity index (χ0n) is 17.2. The van der Waals surface area contributed by atoms with Crippen molar-refractivity contribution in [2.75, 3.05) is 17.2 Å². The minimum atomic E-state index is -1.32. The zero-order chi connectivity index (χ0) is 25.3. The maximum atomic E-state index is 12.8. The third-order valence-electron chi connectivity index (χ3n) is 4.62. The number of hydrogen-bond acceptors (Lipinski definition) is 15. The predicted octanol–water partition coefficient (Wildman–Crippen LogP) is -0.579. The summed E-state index contributed by atoms with van der Waals surface area (Å²) in [4.78, 5) is 49.6. The minimum absolute atomic E-state index is 0.0534. The molecule has 35 heavy (non-hydrogen) atoms. The number of hydrogen-bond donors (Lipinski definition) is 6. The number of fused-ring (bicyclic) bond motifs is 1. The second-order valence-corrected chi connectivity index (χ2v) is 9.60. The molecule has 2 aliphatic heterocycles. The number of aromatic hydroxyl groups is 1. The maximum absolute atomic E-state index is 12.8. The first-order chi connectivity index (χ1) is 16.7. The van der Waals surface area contributed by atoms with Gasteiger partial charge in [0, 0.05) is 23.4 Å². The summed E-state index contributed by atoms with van der Waals surface area (Å²) in [7, 11) is 0. The van der Waals surface area contributed by atoms with Crippen molar-refractivity contribution in [1.82, 2.24) is 29.5 Å². The summed E-state index contributed by atoms with van der Waals surface area (Å²) in [6.45, 7) is 0. The number of nitrogens with one attached hydrogen (secondary N) is 1. The van der Waals surface area contributed by atoms with Gasteiger partial charge in [-0.3, -0.25) is 14.5 Å². The first kappa shape index (κ1) is 24.2. The van der Waals surface area contributed by atoms with E-state index in [-0.39, 0.29) is 34.2 Å². The average Bonchev–Trinajstić information content (AvgIpc) is 3.22. The Morgan fingerprint density at radius 2 is 2.09 bits per heavy atom. The Balaban J connectivity index is 1.48.